The van der Waals surface area contributed by atoms with Gasteiger partial charge in [-0.25, -0.2) is 4.79 Å². The van der Waals surface area contributed by atoms with Crippen molar-refractivity contribution in [3.63, 3.8) is 0 Å². The third kappa shape index (κ3) is 2.76. The number of rotatable bonds is 2. The van der Waals surface area contributed by atoms with E-state index < -0.39 is 6.10 Å². The molecule has 0 saturated heterocycles. The van der Waals surface area contributed by atoms with Crippen LogP contribution < -0.4 is 4.74 Å². The first-order valence-electron chi connectivity index (χ1n) is 6.78. The highest BCUT2D eigenvalue weighted by Crippen LogP contribution is 2.44. The Hall–Kier alpha value is -2.14. The summed E-state index contributed by atoms with van der Waals surface area (Å²) in [5, 5.41) is 0. The lowest BCUT2D eigenvalue weighted by atomic mass is 9.94. The SMILES string of the molecule is CC(=O)Oc1ccc([C@@H]2OC(=O)c3ccccc3[C@H]2Br)cc1. The lowest BCUT2D eigenvalue weighted by molar-refractivity contribution is -0.131. The average molecular weight is 361 g/mol. The Balaban J connectivity index is 1.90. The van der Waals surface area contributed by atoms with Gasteiger partial charge in [0.25, 0.3) is 0 Å². The quantitative estimate of drug-likeness (QED) is 0.462. The largest absolute Gasteiger partial charge is 0.452 e. The molecule has 4 nitrogen and oxygen atoms in total. The minimum atomic E-state index is -0.422. The predicted molar refractivity (Wildman–Crippen MR) is 84.0 cm³/mol. The Kier molecular flexibility index (Phi) is 3.98. The maximum absolute atomic E-state index is 12.1. The van der Waals surface area contributed by atoms with E-state index in [1.807, 2.05) is 18.2 Å². The van der Waals surface area contributed by atoms with Crippen LogP contribution in [0, 0.1) is 0 Å². The zero-order valence-corrected chi connectivity index (χ0v) is 13.4. The molecule has 1 heterocycles. The summed E-state index contributed by atoms with van der Waals surface area (Å²) in [6, 6.07) is 14.3. The molecule has 2 atom stereocenters. The number of fused-ring (bicyclic) bond motifs is 1. The summed E-state index contributed by atoms with van der Waals surface area (Å²) in [4.78, 5) is 22.9. The van der Waals surface area contributed by atoms with E-state index in [-0.39, 0.29) is 16.8 Å². The molecule has 0 aliphatic carbocycles. The van der Waals surface area contributed by atoms with Crippen LogP contribution >= 0.6 is 15.9 Å². The summed E-state index contributed by atoms with van der Waals surface area (Å²) >= 11 is 3.61. The Bertz CT molecular complexity index is 724. The number of benzene rings is 2. The van der Waals surface area contributed by atoms with Gasteiger partial charge in [0.2, 0.25) is 0 Å². The molecule has 2 aromatic rings. The molecule has 0 fully saturated rings. The summed E-state index contributed by atoms with van der Waals surface area (Å²) in [7, 11) is 0. The third-order valence-corrected chi connectivity index (χ3v) is 4.42. The van der Waals surface area contributed by atoms with Crippen molar-refractivity contribution < 1.29 is 19.1 Å². The predicted octanol–water partition coefficient (Wildman–Crippen LogP) is 3.96. The maximum atomic E-state index is 12.1. The lowest BCUT2D eigenvalue weighted by Crippen LogP contribution is -2.23. The van der Waals surface area contributed by atoms with E-state index in [0.29, 0.717) is 11.3 Å². The summed E-state index contributed by atoms with van der Waals surface area (Å²) in [6.07, 6.45) is -0.422. The van der Waals surface area contributed by atoms with Crippen molar-refractivity contribution >= 4 is 27.9 Å². The first kappa shape index (κ1) is 14.8. The van der Waals surface area contributed by atoms with Crippen LogP contribution in [0.1, 0.15) is 39.3 Å². The van der Waals surface area contributed by atoms with Gasteiger partial charge in [-0.15, -0.1) is 0 Å². The fourth-order valence-corrected chi connectivity index (χ4v) is 3.27. The molecule has 1 aliphatic heterocycles. The number of esters is 2. The molecule has 112 valence electrons. The van der Waals surface area contributed by atoms with Crippen molar-refractivity contribution in [1.29, 1.82) is 0 Å². The normalized spacial score (nSPS) is 20.0. The van der Waals surface area contributed by atoms with E-state index in [9.17, 15) is 9.59 Å². The molecule has 0 radical (unpaired) electrons. The van der Waals surface area contributed by atoms with Crippen molar-refractivity contribution in [2.75, 3.05) is 0 Å². The second-order valence-corrected chi connectivity index (χ2v) is 5.96. The molecule has 0 unspecified atom stereocenters. The van der Waals surface area contributed by atoms with Crippen molar-refractivity contribution in [2.24, 2.45) is 0 Å². The van der Waals surface area contributed by atoms with Gasteiger partial charge in [0.05, 0.1) is 10.4 Å². The van der Waals surface area contributed by atoms with Gasteiger partial charge in [0, 0.05) is 6.92 Å². The molecule has 0 aromatic heterocycles. The Morgan fingerprint density at radius 3 is 2.50 bits per heavy atom. The van der Waals surface area contributed by atoms with Crippen LogP contribution in [0.15, 0.2) is 48.5 Å². The van der Waals surface area contributed by atoms with Crippen LogP contribution in [0.3, 0.4) is 0 Å². The Morgan fingerprint density at radius 2 is 1.82 bits per heavy atom. The summed E-state index contributed by atoms with van der Waals surface area (Å²) in [6.45, 7) is 1.35. The minimum absolute atomic E-state index is 0.124. The second kappa shape index (κ2) is 5.93. The number of hydrogen-bond donors (Lipinski definition) is 0. The summed E-state index contributed by atoms with van der Waals surface area (Å²) < 4.78 is 10.5. The fraction of sp³-hybridized carbons (Fsp3) is 0.176. The first-order chi connectivity index (χ1) is 10.6. The van der Waals surface area contributed by atoms with Gasteiger partial charge < -0.3 is 9.47 Å². The van der Waals surface area contributed by atoms with Crippen LogP contribution in [0.4, 0.5) is 0 Å². The van der Waals surface area contributed by atoms with E-state index in [0.717, 1.165) is 11.1 Å². The van der Waals surface area contributed by atoms with Gasteiger partial charge in [-0.1, -0.05) is 46.3 Å². The number of carbonyl (C=O) groups excluding carboxylic acids is 2. The molecular weight excluding hydrogens is 348 g/mol. The number of hydrogen-bond acceptors (Lipinski definition) is 4. The number of alkyl halides is 1. The zero-order valence-electron chi connectivity index (χ0n) is 11.8. The van der Waals surface area contributed by atoms with E-state index in [1.165, 1.54) is 6.92 Å². The summed E-state index contributed by atoms with van der Waals surface area (Å²) in [5.74, 6) is -0.241. The topological polar surface area (TPSA) is 52.6 Å². The van der Waals surface area contributed by atoms with Crippen molar-refractivity contribution in [1.82, 2.24) is 0 Å². The highest BCUT2D eigenvalue weighted by atomic mass is 79.9. The van der Waals surface area contributed by atoms with Gasteiger partial charge in [-0.3, -0.25) is 4.79 Å². The molecule has 0 saturated carbocycles. The van der Waals surface area contributed by atoms with Crippen LogP contribution in [-0.4, -0.2) is 11.9 Å². The van der Waals surface area contributed by atoms with E-state index in [2.05, 4.69) is 15.9 Å². The highest BCUT2D eigenvalue weighted by Gasteiger charge is 2.34. The van der Waals surface area contributed by atoms with Crippen LogP contribution in [-0.2, 0) is 9.53 Å². The van der Waals surface area contributed by atoms with Crippen LogP contribution in [0.2, 0.25) is 0 Å². The molecule has 0 spiro atoms. The van der Waals surface area contributed by atoms with Gasteiger partial charge >= 0.3 is 11.9 Å². The Labute approximate surface area is 136 Å². The molecule has 22 heavy (non-hydrogen) atoms. The van der Waals surface area contributed by atoms with Gasteiger partial charge in [0.15, 0.2) is 0 Å². The Morgan fingerprint density at radius 1 is 1.14 bits per heavy atom. The molecule has 3 rings (SSSR count). The fourth-order valence-electron chi connectivity index (χ4n) is 2.45. The number of halogens is 1. The average Bonchev–Trinajstić information content (AvgIpc) is 2.51. The minimum Gasteiger partial charge on any atom is -0.452 e. The first-order valence-corrected chi connectivity index (χ1v) is 7.70. The van der Waals surface area contributed by atoms with Gasteiger partial charge in [-0.05, 0) is 29.3 Å². The van der Waals surface area contributed by atoms with Crippen molar-refractivity contribution in [3.05, 3.63) is 65.2 Å². The van der Waals surface area contributed by atoms with Crippen molar-refractivity contribution in [3.8, 4) is 5.75 Å². The molecule has 2 aromatic carbocycles. The number of cyclic esters (lactones) is 1. The van der Waals surface area contributed by atoms with Gasteiger partial charge in [-0.2, -0.15) is 0 Å². The molecular formula is C17H13BrO4. The molecule has 0 N–H and O–H groups in total. The lowest BCUT2D eigenvalue weighted by Gasteiger charge is -2.29. The highest BCUT2D eigenvalue weighted by molar-refractivity contribution is 9.09. The van der Waals surface area contributed by atoms with Crippen molar-refractivity contribution in [2.45, 2.75) is 17.9 Å². The van der Waals surface area contributed by atoms with Crippen LogP contribution in [0.25, 0.3) is 0 Å². The van der Waals surface area contributed by atoms with E-state index in [1.54, 1.807) is 30.3 Å². The van der Waals surface area contributed by atoms with E-state index in [4.69, 9.17) is 9.47 Å². The molecule has 5 heteroatoms. The monoisotopic (exact) mass is 360 g/mol. The number of ether oxygens (including phenoxy) is 2. The number of carbonyl (C=O) groups is 2. The zero-order chi connectivity index (χ0) is 15.7. The smallest absolute Gasteiger partial charge is 0.339 e. The molecule has 1 aliphatic rings. The molecule has 0 amide bonds. The van der Waals surface area contributed by atoms with Crippen LogP contribution in [0.5, 0.6) is 5.75 Å². The van der Waals surface area contributed by atoms with E-state index >= 15 is 0 Å². The van der Waals surface area contributed by atoms with Gasteiger partial charge in [0.1, 0.15) is 11.9 Å². The molecule has 0 bridgehead atoms. The maximum Gasteiger partial charge on any atom is 0.339 e. The summed E-state index contributed by atoms with van der Waals surface area (Å²) in [5.41, 5.74) is 2.32. The third-order valence-electron chi connectivity index (χ3n) is 3.45. The second-order valence-electron chi connectivity index (χ2n) is 4.98. The standard InChI is InChI=1S/C17H13BrO4/c1-10(19)21-12-8-6-11(7-9-12)16-15(18)13-4-2-3-5-14(13)17(20)22-16/h2-9,15-16H,1H3/t15-,16+/m1/s1.